The van der Waals surface area contributed by atoms with E-state index in [0.29, 0.717) is 17.8 Å². The Balaban J connectivity index is 1.82. The molecule has 1 heterocycles. The summed E-state index contributed by atoms with van der Waals surface area (Å²) in [5.74, 6) is 0.311. The molecule has 0 saturated heterocycles. The largest absolute Gasteiger partial charge is 0.298 e. The minimum absolute atomic E-state index is 0.0476. The molecule has 0 amide bonds. The highest BCUT2D eigenvalue weighted by atomic mass is 32.2. The van der Waals surface area contributed by atoms with Gasteiger partial charge < -0.3 is 0 Å². The van der Waals surface area contributed by atoms with Crippen LogP contribution in [0.3, 0.4) is 0 Å². The summed E-state index contributed by atoms with van der Waals surface area (Å²) in [6.45, 7) is 0. The minimum Gasteiger partial charge on any atom is -0.298 e. The number of Topliss-reactive ketones (excluding diaryl/α,β-unsaturated/α-hetero) is 1. The molecule has 4 rings (SSSR count). The number of carbonyl (C=O) groups excluding carboxylic acids is 1. The fourth-order valence-corrected chi connectivity index (χ4v) is 5.28. The van der Waals surface area contributed by atoms with Gasteiger partial charge in [0.05, 0.1) is 16.5 Å². The lowest BCUT2D eigenvalue weighted by Crippen LogP contribution is -2.22. The highest BCUT2D eigenvalue weighted by Gasteiger charge is 2.28. The molecular weight excluding hydrogens is 340 g/mol. The molecule has 1 aromatic heterocycles. The molecule has 2 aromatic rings. The number of nitrogens with zero attached hydrogens (tertiary/aromatic N) is 2. The fraction of sp³-hybridized carbons (Fsp3) is 0.409. The zero-order chi connectivity index (χ0) is 17.9. The van der Waals surface area contributed by atoms with Gasteiger partial charge in [-0.2, -0.15) is 5.26 Å². The third-order valence-corrected chi connectivity index (χ3v) is 6.70. The summed E-state index contributed by atoms with van der Waals surface area (Å²) in [4.78, 5) is 17.3. The van der Waals surface area contributed by atoms with Crippen LogP contribution in [-0.2, 0) is 17.6 Å². The number of fused-ring (bicyclic) bond motifs is 1. The van der Waals surface area contributed by atoms with E-state index < -0.39 is 0 Å². The maximum atomic E-state index is 12.3. The number of hydrogen-bond acceptors (Lipinski definition) is 4. The van der Waals surface area contributed by atoms with Gasteiger partial charge in [-0.25, -0.2) is 4.98 Å². The van der Waals surface area contributed by atoms with Crippen molar-refractivity contribution >= 4 is 17.5 Å². The lowest BCUT2D eigenvalue weighted by molar-refractivity contribution is -0.119. The number of pyridine rings is 1. The summed E-state index contributed by atoms with van der Waals surface area (Å²) in [5.41, 5.74) is 5.22. The standard InChI is InChI=1S/C22H22N2OS/c23-14-18-16-10-4-5-11-17(16)21(15-8-2-1-3-9-15)24-22(18)26-20-13-7-6-12-19(20)25/h1-3,8-9,20H,4-7,10-13H2/t20-/m1/s1. The molecule has 0 unspecified atom stereocenters. The molecule has 1 saturated carbocycles. The summed E-state index contributed by atoms with van der Waals surface area (Å²) >= 11 is 1.52. The third-order valence-electron chi connectivity index (χ3n) is 5.39. The molecule has 132 valence electrons. The fourth-order valence-electron chi connectivity index (χ4n) is 4.04. The Morgan fingerprint density at radius 1 is 1.00 bits per heavy atom. The summed E-state index contributed by atoms with van der Waals surface area (Å²) in [6, 6.07) is 12.7. The molecule has 0 aliphatic heterocycles. The topological polar surface area (TPSA) is 53.8 Å². The molecule has 0 bridgehead atoms. The van der Waals surface area contributed by atoms with Crippen LogP contribution in [0.25, 0.3) is 11.3 Å². The van der Waals surface area contributed by atoms with E-state index in [1.54, 1.807) is 0 Å². The molecule has 4 heteroatoms. The minimum atomic E-state index is -0.0476. The number of benzene rings is 1. The number of carbonyl (C=O) groups is 1. The molecular formula is C22H22N2OS. The smallest absolute Gasteiger partial charge is 0.146 e. The van der Waals surface area contributed by atoms with Gasteiger partial charge in [-0.3, -0.25) is 4.79 Å². The second kappa shape index (κ2) is 7.63. The quantitative estimate of drug-likeness (QED) is 0.762. The molecule has 0 N–H and O–H groups in total. The van der Waals surface area contributed by atoms with Crippen LogP contribution < -0.4 is 0 Å². The van der Waals surface area contributed by atoms with Crippen LogP contribution in [-0.4, -0.2) is 16.0 Å². The average Bonchev–Trinajstić information content (AvgIpc) is 2.70. The second-order valence-corrected chi connectivity index (χ2v) is 8.29. The van der Waals surface area contributed by atoms with E-state index in [0.717, 1.165) is 61.2 Å². The molecule has 3 nitrogen and oxygen atoms in total. The lowest BCUT2D eigenvalue weighted by atomic mass is 9.86. The van der Waals surface area contributed by atoms with Crippen molar-refractivity contribution in [2.75, 3.05) is 0 Å². The Bertz CT molecular complexity index is 870. The maximum Gasteiger partial charge on any atom is 0.146 e. The second-order valence-electron chi connectivity index (χ2n) is 7.10. The van der Waals surface area contributed by atoms with Gasteiger partial charge in [0.15, 0.2) is 0 Å². The predicted molar refractivity (Wildman–Crippen MR) is 104 cm³/mol. The normalized spacial score (nSPS) is 19.7. The van der Waals surface area contributed by atoms with Crippen LogP contribution in [0, 0.1) is 11.3 Å². The van der Waals surface area contributed by atoms with Crippen molar-refractivity contribution in [1.29, 1.82) is 5.26 Å². The summed E-state index contributed by atoms with van der Waals surface area (Å²) < 4.78 is 0. The van der Waals surface area contributed by atoms with Crippen molar-refractivity contribution in [1.82, 2.24) is 4.98 Å². The van der Waals surface area contributed by atoms with Crippen LogP contribution in [0.5, 0.6) is 0 Å². The monoisotopic (exact) mass is 362 g/mol. The van der Waals surface area contributed by atoms with E-state index in [1.165, 1.54) is 22.9 Å². The van der Waals surface area contributed by atoms with Gasteiger partial charge in [-0.1, -0.05) is 48.5 Å². The van der Waals surface area contributed by atoms with E-state index in [-0.39, 0.29) is 5.25 Å². The Morgan fingerprint density at radius 2 is 1.73 bits per heavy atom. The number of rotatable bonds is 3. The molecule has 0 radical (unpaired) electrons. The SMILES string of the molecule is N#Cc1c(S[C@@H]2CCCCC2=O)nc(-c2ccccc2)c2c1CCCC2. The number of thioether (sulfide) groups is 1. The molecule has 0 spiro atoms. The van der Waals surface area contributed by atoms with Crippen molar-refractivity contribution in [2.45, 2.75) is 61.6 Å². The molecule has 2 aliphatic rings. The number of nitriles is 1. The summed E-state index contributed by atoms with van der Waals surface area (Å²) in [6.07, 6.45) is 7.82. The molecule has 1 atom stereocenters. The summed E-state index contributed by atoms with van der Waals surface area (Å²) in [5, 5.41) is 10.6. The van der Waals surface area contributed by atoms with Gasteiger partial charge in [0.25, 0.3) is 0 Å². The Kier molecular flexibility index (Phi) is 5.08. The first kappa shape index (κ1) is 17.3. The first-order valence-electron chi connectivity index (χ1n) is 9.48. The Labute approximate surface area is 158 Å². The number of hydrogen-bond donors (Lipinski definition) is 0. The Hall–Kier alpha value is -2.12. The van der Waals surface area contributed by atoms with Crippen LogP contribution >= 0.6 is 11.8 Å². The first-order chi connectivity index (χ1) is 12.8. The highest BCUT2D eigenvalue weighted by molar-refractivity contribution is 8.00. The van der Waals surface area contributed by atoms with E-state index in [1.807, 2.05) is 18.2 Å². The van der Waals surface area contributed by atoms with Gasteiger partial charge in [-0.15, -0.1) is 0 Å². The molecule has 26 heavy (non-hydrogen) atoms. The van der Waals surface area contributed by atoms with Crippen LogP contribution in [0.1, 0.15) is 55.2 Å². The predicted octanol–water partition coefficient (Wildman–Crippen LogP) is 5.10. The third kappa shape index (κ3) is 3.29. The first-order valence-corrected chi connectivity index (χ1v) is 10.4. The maximum absolute atomic E-state index is 12.3. The van der Waals surface area contributed by atoms with E-state index >= 15 is 0 Å². The van der Waals surface area contributed by atoms with Gasteiger partial charge in [0.1, 0.15) is 16.9 Å². The van der Waals surface area contributed by atoms with Gasteiger partial charge >= 0.3 is 0 Å². The number of ketones is 1. The van der Waals surface area contributed by atoms with Crippen molar-refractivity contribution in [2.24, 2.45) is 0 Å². The zero-order valence-corrected chi connectivity index (χ0v) is 15.6. The zero-order valence-electron chi connectivity index (χ0n) is 14.8. The van der Waals surface area contributed by atoms with Gasteiger partial charge in [0, 0.05) is 12.0 Å². The van der Waals surface area contributed by atoms with E-state index in [9.17, 15) is 10.1 Å². The van der Waals surface area contributed by atoms with Crippen molar-refractivity contribution in [3.05, 3.63) is 47.0 Å². The van der Waals surface area contributed by atoms with Crippen molar-refractivity contribution < 1.29 is 4.79 Å². The van der Waals surface area contributed by atoms with Crippen molar-refractivity contribution in [3.8, 4) is 17.3 Å². The van der Waals surface area contributed by atoms with Gasteiger partial charge in [-0.05, 0) is 49.7 Å². The van der Waals surface area contributed by atoms with Crippen molar-refractivity contribution in [3.63, 3.8) is 0 Å². The van der Waals surface area contributed by atoms with Crippen LogP contribution in [0.2, 0.25) is 0 Å². The Morgan fingerprint density at radius 3 is 2.46 bits per heavy atom. The van der Waals surface area contributed by atoms with Crippen LogP contribution in [0.15, 0.2) is 35.4 Å². The average molecular weight is 362 g/mol. The van der Waals surface area contributed by atoms with Crippen LogP contribution in [0.4, 0.5) is 0 Å². The number of aromatic nitrogens is 1. The summed E-state index contributed by atoms with van der Waals surface area (Å²) in [7, 11) is 0. The van der Waals surface area contributed by atoms with E-state index in [4.69, 9.17) is 4.98 Å². The van der Waals surface area contributed by atoms with Gasteiger partial charge in [0.2, 0.25) is 0 Å². The molecule has 1 fully saturated rings. The molecule has 2 aliphatic carbocycles. The molecule has 1 aromatic carbocycles. The highest BCUT2D eigenvalue weighted by Crippen LogP contribution is 2.39. The van der Waals surface area contributed by atoms with E-state index in [2.05, 4.69) is 18.2 Å². The lowest BCUT2D eigenvalue weighted by Gasteiger charge is -2.24.